The molecule has 0 bridgehead atoms. The predicted molar refractivity (Wildman–Crippen MR) is 68.1 cm³/mol. The lowest BCUT2D eigenvalue weighted by atomic mass is 9.96. The van der Waals surface area contributed by atoms with Crippen molar-refractivity contribution in [3.05, 3.63) is 22.8 Å². The second kappa shape index (κ2) is 5.54. The number of anilines is 1. The number of rotatable bonds is 2. The molecule has 1 aromatic heterocycles. The van der Waals surface area contributed by atoms with Gasteiger partial charge >= 0.3 is 6.18 Å². The van der Waals surface area contributed by atoms with Gasteiger partial charge in [-0.3, -0.25) is 0 Å². The zero-order valence-corrected chi connectivity index (χ0v) is 11.0. The summed E-state index contributed by atoms with van der Waals surface area (Å²) in [5.74, 6) is -0.689. The lowest BCUT2D eigenvalue weighted by Gasteiger charge is -2.34. The van der Waals surface area contributed by atoms with Gasteiger partial charge in [0.25, 0.3) is 0 Å². The van der Waals surface area contributed by atoms with E-state index in [1.54, 1.807) is 17.2 Å². The molecule has 2 N–H and O–H groups in total. The molecule has 2 rings (SSSR count). The maximum Gasteiger partial charge on any atom is 0.391 e. The molecule has 1 fully saturated rings. The zero-order valence-electron chi connectivity index (χ0n) is 10.3. The summed E-state index contributed by atoms with van der Waals surface area (Å²) in [5, 5.41) is 0.440. The van der Waals surface area contributed by atoms with Crippen LogP contribution in [0.4, 0.5) is 19.0 Å². The molecule has 1 saturated heterocycles. The van der Waals surface area contributed by atoms with Crippen molar-refractivity contribution in [1.82, 2.24) is 4.98 Å². The van der Waals surface area contributed by atoms with Crippen LogP contribution in [0.2, 0.25) is 5.02 Å². The van der Waals surface area contributed by atoms with Crippen LogP contribution < -0.4 is 10.6 Å². The van der Waals surface area contributed by atoms with Gasteiger partial charge in [0, 0.05) is 25.8 Å². The summed E-state index contributed by atoms with van der Waals surface area (Å²) in [7, 11) is 0. The highest BCUT2D eigenvalue weighted by molar-refractivity contribution is 6.33. The van der Waals surface area contributed by atoms with Gasteiger partial charge in [-0.05, 0) is 24.5 Å². The molecule has 0 spiro atoms. The van der Waals surface area contributed by atoms with Crippen LogP contribution >= 0.6 is 11.6 Å². The van der Waals surface area contributed by atoms with Gasteiger partial charge < -0.3 is 10.6 Å². The van der Waals surface area contributed by atoms with Crippen LogP contribution in [0.25, 0.3) is 0 Å². The van der Waals surface area contributed by atoms with Gasteiger partial charge in [0.1, 0.15) is 5.82 Å². The first kappa shape index (κ1) is 14.4. The Balaban J connectivity index is 2.10. The van der Waals surface area contributed by atoms with Gasteiger partial charge in [-0.25, -0.2) is 4.98 Å². The van der Waals surface area contributed by atoms with Crippen molar-refractivity contribution in [3.63, 3.8) is 0 Å². The van der Waals surface area contributed by atoms with Gasteiger partial charge in [0.15, 0.2) is 0 Å². The number of nitrogens with two attached hydrogens (primary N) is 1. The van der Waals surface area contributed by atoms with Gasteiger partial charge in [0.05, 0.1) is 10.9 Å². The Labute approximate surface area is 114 Å². The lowest BCUT2D eigenvalue weighted by molar-refractivity contribution is -0.179. The van der Waals surface area contributed by atoms with Crippen molar-refractivity contribution in [3.8, 4) is 0 Å². The van der Waals surface area contributed by atoms with Crippen molar-refractivity contribution in [2.45, 2.75) is 25.6 Å². The summed E-state index contributed by atoms with van der Waals surface area (Å²) in [6, 6.07) is 1.72. The van der Waals surface area contributed by atoms with E-state index < -0.39 is 12.1 Å². The smallest absolute Gasteiger partial charge is 0.355 e. The number of nitrogens with zero attached hydrogens (tertiary/aromatic N) is 2. The van der Waals surface area contributed by atoms with Crippen molar-refractivity contribution >= 4 is 17.4 Å². The molecule has 7 heteroatoms. The van der Waals surface area contributed by atoms with E-state index in [1.165, 1.54) is 0 Å². The molecule has 1 aliphatic rings. The van der Waals surface area contributed by atoms with Crippen LogP contribution in [-0.4, -0.2) is 24.2 Å². The summed E-state index contributed by atoms with van der Waals surface area (Å²) >= 11 is 6.16. The molecule has 3 nitrogen and oxygen atoms in total. The molecule has 0 saturated carbocycles. The monoisotopic (exact) mass is 293 g/mol. The SMILES string of the molecule is NCc1ccnc(N2CCC(C(F)(F)F)CC2)c1Cl. The number of halogens is 4. The number of alkyl halides is 3. The van der Waals surface area contributed by atoms with E-state index in [0.717, 1.165) is 5.56 Å². The van der Waals surface area contributed by atoms with Crippen LogP contribution in [0.1, 0.15) is 18.4 Å². The molecule has 0 amide bonds. The van der Waals surface area contributed by atoms with Gasteiger partial charge in [-0.2, -0.15) is 13.2 Å². The van der Waals surface area contributed by atoms with Crippen molar-refractivity contribution in [2.75, 3.05) is 18.0 Å². The van der Waals surface area contributed by atoms with E-state index in [0.29, 0.717) is 23.9 Å². The molecule has 0 aromatic carbocycles. The average Bonchev–Trinajstić information content (AvgIpc) is 2.38. The Morgan fingerprint density at radius 1 is 1.37 bits per heavy atom. The summed E-state index contributed by atoms with van der Waals surface area (Å²) < 4.78 is 37.8. The summed E-state index contributed by atoms with van der Waals surface area (Å²) in [6.45, 7) is 0.906. The third-order valence-electron chi connectivity index (χ3n) is 3.43. The Morgan fingerprint density at radius 2 is 2.00 bits per heavy atom. The second-order valence-electron chi connectivity index (χ2n) is 4.61. The number of pyridine rings is 1. The summed E-state index contributed by atoms with van der Waals surface area (Å²) in [6.07, 6.45) is -2.37. The molecule has 19 heavy (non-hydrogen) atoms. The van der Waals surface area contributed by atoms with E-state index in [1.807, 2.05) is 0 Å². The Hall–Kier alpha value is -1.01. The maximum absolute atomic E-state index is 12.6. The Morgan fingerprint density at radius 3 is 2.53 bits per heavy atom. The van der Waals surface area contributed by atoms with E-state index in [4.69, 9.17) is 17.3 Å². The topological polar surface area (TPSA) is 42.1 Å². The van der Waals surface area contributed by atoms with Crippen molar-refractivity contribution in [1.29, 1.82) is 0 Å². The fourth-order valence-corrected chi connectivity index (χ4v) is 2.58. The molecule has 0 radical (unpaired) electrons. The number of aromatic nitrogens is 1. The van der Waals surface area contributed by atoms with E-state index >= 15 is 0 Å². The standard InChI is InChI=1S/C12H15ClF3N3/c13-10-8(7-17)1-4-18-11(10)19-5-2-9(3-6-19)12(14,15)16/h1,4,9H,2-3,5-7,17H2. The van der Waals surface area contributed by atoms with Crippen molar-refractivity contribution < 1.29 is 13.2 Å². The number of hydrogen-bond donors (Lipinski definition) is 1. The molecule has 2 heterocycles. The van der Waals surface area contributed by atoms with Crippen LogP contribution in [0, 0.1) is 5.92 Å². The quantitative estimate of drug-likeness (QED) is 0.911. The lowest BCUT2D eigenvalue weighted by Crippen LogP contribution is -2.39. The second-order valence-corrected chi connectivity index (χ2v) is 4.99. The molecule has 0 atom stereocenters. The first-order valence-electron chi connectivity index (χ1n) is 6.08. The van der Waals surface area contributed by atoms with E-state index in [2.05, 4.69) is 4.98 Å². The number of hydrogen-bond acceptors (Lipinski definition) is 3. The van der Waals surface area contributed by atoms with Crippen LogP contribution in [0.3, 0.4) is 0 Å². The van der Waals surface area contributed by atoms with Gasteiger partial charge in [0.2, 0.25) is 0 Å². The highest BCUT2D eigenvalue weighted by Gasteiger charge is 2.41. The third kappa shape index (κ3) is 3.12. The largest absolute Gasteiger partial charge is 0.391 e. The van der Waals surface area contributed by atoms with Crippen LogP contribution in [0.5, 0.6) is 0 Å². The molecule has 0 aliphatic carbocycles. The van der Waals surface area contributed by atoms with Gasteiger partial charge in [-0.15, -0.1) is 0 Å². The molecule has 1 aliphatic heterocycles. The molecule has 106 valence electrons. The minimum atomic E-state index is -4.11. The fourth-order valence-electron chi connectivity index (χ4n) is 2.27. The summed E-state index contributed by atoms with van der Waals surface area (Å²) in [4.78, 5) is 5.95. The zero-order chi connectivity index (χ0) is 14.0. The van der Waals surface area contributed by atoms with Crippen molar-refractivity contribution in [2.24, 2.45) is 11.7 Å². The molecule has 1 aromatic rings. The minimum absolute atomic E-state index is 0.0777. The third-order valence-corrected chi connectivity index (χ3v) is 3.84. The molecular weight excluding hydrogens is 279 g/mol. The van der Waals surface area contributed by atoms with Crippen LogP contribution in [-0.2, 0) is 6.54 Å². The predicted octanol–water partition coefficient (Wildman–Crippen LogP) is 2.97. The summed E-state index contributed by atoms with van der Waals surface area (Å²) in [5.41, 5.74) is 6.30. The number of piperidine rings is 1. The highest BCUT2D eigenvalue weighted by atomic mass is 35.5. The fraction of sp³-hybridized carbons (Fsp3) is 0.583. The van der Waals surface area contributed by atoms with Gasteiger partial charge in [-0.1, -0.05) is 11.6 Å². The highest BCUT2D eigenvalue weighted by Crippen LogP contribution is 2.36. The Kier molecular flexibility index (Phi) is 4.20. The van der Waals surface area contributed by atoms with Crippen LogP contribution in [0.15, 0.2) is 12.3 Å². The van der Waals surface area contributed by atoms with E-state index in [-0.39, 0.29) is 19.4 Å². The Bertz CT molecular complexity index is 442. The first-order chi connectivity index (χ1) is 8.93. The molecular formula is C12H15ClF3N3. The molecule has 0 unspecified atom stereocenters. The first-order valence-corrected chi connectivity index (χ1v) is 6.46. The maximum atomic E-state index is 12.6. The minimum Gasteiger partial charge on any atom is -0.355 e. The van der Waals surface area contributed by atoms with E-state index in [9.17, 15) is 13.2 Å². The average molecular weight is 294 g/mol. The normalized spacial score (nSPS) is 17.8.